The Morgan fingerprint density at radius 2 is 1.41 bits per heavy atom. The van der Waals surface area contributed by atoms with Gasteiger partial charge in [0.15, 0.2) is 0 Å². The normalized spacial score (nSPS) is 14.0. The van der Waals surface area contributed by atoms with Gasteiger partial charge < -0.3 is 11.6 Å². The van der Waals surface area contributed by atoms with Crippen molar-refractivity contribution in [1.82, 2.24) is 0 Å². The number of carboxylic acid groups (broad SMARTS) is 2. The van der Waals surface area contributed by atoms with Crippen molar-refractivity contribution in [1.29, 1.82) is 0 Å². The first-order chi connectivity index (χ1) is 12.1. The quantitative estimate of drug-likeness (QED) is 0.168. The number of carboxylic acids is 2. The number of aliphatic carboxylic acids is 2. The number of rotatable bonds is 14. The Morgan fingerprint density at radius 1 is 0.963 bits per heavy atom. The second-order valence-electron chi connectivity index (χ2n) is 6.22. The second-order valence-corrected chi connectivity index (χ2v) is 7.90. The monoisotopic (exact) mass is 418 g/mol. The third-order valence-corrected chi connectivity index (χ3v) is 6.02. The molecule has 0 aromatic rings. The van der Waals surface area contributed by atoms with E-state index >= 15 is 0 Å². The van der Waals surface area contributed by atoms with Crippen molar-refractivity contribution in [3.63, 3.8) is 0 Å². The van der Waals surface area contributed by atoms with Gasteiger partial charge in [-0.05, 0) is 12.8 Å². The number of hydrogen-bond acceptors (Lipinski definition) is 4. The van der Waals surface area contributed by atoms with Crippen LogP contribution in [0, 0.1) is 5.92 Å². The molecule has 0 radical (unpaired) electrons. The van der Waals surface area contributed by atoms with Crippen molar-refractivity contribution in [3.05, 3.63) is 13.2 Å². The van der Waals surface area contributed by atoms with Crippen LogP contribution in [-0.2, 0) is 19.7 Å². The van der Waals surface area contributed by atoms with Crippen LogP contribution in [0.4, 0.5) is 0 Å². The summed E-state index contributed by atoms with van der Waals surface area (Å²) in [6, 6.07) is 0. The zero-order chi connectivity index (χ0) is 20.8. The van der Waals surface area contributed by atoms with Crippen LogP contribution in [-0.4, -0.2) is 39.9 Å². The van der Waals surface area contributed by atoms with Crippen LogP contribution in [0.5, 0.6) is 0 Å². The first-order valence-electron chi connectivity index (χ1n) is 9.08. The van der Waals surface area contributed by atoms with E-state index in [-0.39, 0.29) is 43.8 Å². The Hall–Kier alpha value is -0.410. The summed E-state index contributed by atoms with van der Waals surface area (Å²) >= 11 is 0. The Kier molecular flexibility index (Phi) is 19.2. The third kappa shape index (κ3) is 10.1. The summed E-state index contributed by atoms with van der Waals surface area (Å²) in [5, 5.41) is 19.0. The molecular weight excluding hydrogens is 383 g/mol. The van der Waals surface area contributed by atoms with E-state index in [1.807, 2.05) is 13.8 Å². The molecule has 0 fully saturated rings. The molecule has 0 rings (SSSR count). The molecule has 2 atom stereocenters. The maximum Gasteiger partial charge on any atom is 1.00 e. The molecule has 0 aliphatic rings. The van der Waals surface area contributed by atoms with Crippen molar-refractivity contribution < 1.29 is 63.8 Å². The number of carbonyl (C=O) groups is 2. The Morgan fingerprint density at radius 3 is 1.74 bits per heavy atom. The van der Waals surface area contributed by atoms with Crippen LogP contribution < -0.4 is 29.6 Å². The summed E-state index contributed by atoms with van der Waals surface area (Å²) in [4.78, 5) is 23.4. The predicted octanol–water partition coefficient (Wildman–Crippen LogP) is 1.26. The van der Waals surface area contributed by atoms with E-state index in [9.17, 15) is 32.8 Å². The molecule has 2 unspecified atom stereocenters. The molecule has 0 saturated heterocycles. The van der Waals surface area contributed by atoms with Crippen LogP contribution in [0.2, 0.25) is 0 Å². The van der Waals surface area contributed by atoms with Crippen molar-refractivity contribution in [2.45, 2.75) is 82.8 Å². The standard InChI is InChI=1S/C16H30O7S.C2H4.Na.H/c1-3-5-7-9-11-13(14(17)18)16(15(19)20,24(21,22)23)12-10-8-6-4-2;1-2;;/h13H,3-12H2,1-2H3,(H,17,18)(H,19,20)(H,21,22,23);1-2H2;;/q;;+1;-1. The topological polar surface area (TPSA) is 129 Å². The third-order valence-electron chi connectivity index (χ3n) is 4.43. The fourth-order valence-electron chi connectivity index (χ4n) is 3.00. The van der Waals surface area contributed by atoms with E-state index in [1.165, 1.54) is 0 Å². The minimum Gasteiger partial charge on any atom is -1.00 e. The summed E-state index contributed by atoms with van der Waals surface area (Å²) in [7, 11) is -5.08. The Bertz CT molecular complexity index is 528. The molecule has 0 bridgehead atoms. The van der Waals surface area contributed by atoms with E-state index in [0.717, 1.165) is 25.7 Å². The molecule has 9 heteroatoms. The Balaban J connectivity index is -0.000000695. The van der Waals surface area contributed by atoms with Crippen molar-refractivity contribution >= 4 is 22.1 Å². The molecule has 0 saturated carbocycles. The fraction of sp³-hybridized carbons (Fsp3) is 0.778. The van der Waals surface area contributed by atoms with Crippen LogP contribution in [0.15, 0.2) is 13.2 Å². The van der Waals surface area contributed by atoms with Crippen molar-refractivity contribution in [2.75, 3.05) is 0 Å². The van der Waals surface area contributed by atoms with Gasteiger partial charge in [-0.15, -0.1) is 13.2 Å². The van der Waals surface area contributed by atoms with Gasteiger partial charge in [0.05, 0.1) is 5.92 Å². The van der Waals surface area contributed by atoms with Gasteiger partial charge in [-0.25, -0.2) is 0 Å². The van der Waals surface area contributed by atoms with E-state index in [0.29, 0.717) is 19.3 Å². The maximum atomic E-state index is 11.9. The zero-order valence-corrected chi connectivity index (χ0v) is 19.8. The van der Waals surface area contributed by atoms with Crippen LogP contribution in [0.25, 0.3) is 0 Å². The minimum absolute atomic E-state index is 0. The maximum absolute atomic E-state index is 11.9. The molecular formula is C18H35NaO7S. The molecule has 0 aliphatic heterocycles. The van der Waals surface area contributed by atoms with Gasteiger partial charge in [-0.1, -0.05) is 65.2 Å². The van der Waals surface area contributed by atoms with Gasteiger partial charge in [0.1, 0.15) is 0 Å². The average Bonchev–Trinajstić information content (AvgIpc) is 2.56. The first kappa shape index (κ1) is 31.3. The van der Waals surface area contributed by atoms with Crippen LogP contribution >= 0.6 is 0 Å². The van der Waals surface area contributed by atoms with E-state index in [4.69, 9.17) is 0 Å². The van der Waals surface area contributed by atoms with Crippen LogP contribution in [0.1, 0.15) is 79.5 Å². The van der Waals surface area contributed by atoms with Gasteiger partial charge >= 0.3 is 41.5 Å². The average molecular weight is 419 g/mol. The molecule has 156 valence electrons. The molecule has 3 N–H and O–H groups in total. The van der Waals surface area contributed by atoms with Crippen molar-refractivity contribution in [3.8, 4) is 0 Å². The molecule has 27 heavy (non-hydrogen) atoms. The number of hydrogen-bond donors (Lipinski definition) is 3. The van der Waals surface area contributed by atoms with E-state index in [1.54, 1.807) is 0 Å². The van der Waals surface area contributed by atoms with E-state index in [2.05, 4.69) is 13.2 Å². The number of unbranched alkanes of at least 4 members (excludes halogenated alkanes) is 6. The molecule has 0 spiro atoms. The summed E-state index contributed by atoms with van der Waals surface area (Å²) in [6.45, 7) is 9.92. The SMILES string of the molecule is C=C.CCCCCCC(C(=O)O)C(CCCCCC)(C(=O)O)S(=O)(=O)O.[H-].[Na+]. The molecule has 0 amide bonds. The van der Waals surface area contributed by atoms with E-state index < -0.39 is 39.1 Å². The summed E-state index contributed by atoms with van der Waals surface area (Å²) in [6.07, 6.45) is 4.86. The van der Waals surface area contributed by atoms with Gasteiger partial charge in [-0.3, -0.25) is 14.1 Å². The summed E-state index contributed by atoms with van der Waals surface area (Å²) < 4.78 is 30.7. The molecule has 0 aromatic carbocycles. The van der Waals surface area contributed by atoms with Gasteiger partial charge in [0.2, 0.25) is 4.75 Å². The largest absolute Gasteiger partial charge is 1.00 e. The van der Waals surface area contributed by atoms with Gasteiger partial charge in [-0.2, -0.15) is 8.42 Å². The molecule has 0 aromatic heterocycles. The smallest absolute Gasteiger partial charge is 1.00 e. The molecule has 7 nitrogen and oxygen atoms in total. The molecule has 0 heterocycles. The van der Waals surface area contributed by atoms with Gasteiger partial charge in [0.25, 0.3) is 10.1 Å². The van der Waals surface area contributed by atoms with Gasteiger partial charge in [0, 0.05) is 0 Å². The summed E-state index contributed by atoms with van der Waals surface area (Å²) in [5.74, 6) is -4.95. The predicted molar refractivity (Wildman–Crippen MR) is 103 cm³/mol. The Labute approximate surface area is 187 Å². The summed E-state index contributed by atoms with van der Waals surface area (Å²) in [5.41, 5.74) is 0. The zero-order valence-electron chi connectivity index (χ0n) is 17.9. The first-order valence-corrected chi connectivity index (χ1v) is 10.5. The minimum atomic E-state index is -5.08. The second kappa shape index (κ2) is 16.5. The molecule has 0 aliphatic carbocycles. The van der Waals surface area contributed by atoms with Crippen molar-refractivity contribution in [2.24, 2.45) is 5.92 Å². The van der Waals surface area contributed by atoms with Crippen LogP contribution in [0.3, 0.4) is 0 Å². The fourth-order valence-corrected chi connectivity index (χ4v) is 4.20.